The molecule has 0 saturated carbocycles. The van der Waals surface area contributed by atoms with E-state index in [0.717, 1.165) is 11.4 Å². The van der Waals surface area contributed by atoms with Crippen LogP contribution < -0.4 is 15.0 Å². The van der Waals surface area contributed by atoms with Crippen LogP contribution >= 0.6 is 0 Å². The predicted octanol–water partition coefficient (Wildman–Crippen LogP) is 1.55. The van der Waals surface area contributed by atoms with E-state index in [1.165, 1.54) is 0 Å². The quantitative estimate of drug-likeness (QED) is 0.876. The van der Waals surface area contributed by atoms with Crippen LogP contribution in [0.4, 0.5) is 5.95 Å². The highest BCUT2D eigenvalue weighted by molar-refractivity contribution is 5.77. The highest BCUT2D eigenvalue weighted by Crippen LogP contribution is 2.08. The summed E-state index contributed by atoms with van der Waals surface area (Å²) in [6.45, 7) is 2.23. The molecule has 6 nitrogen and oxygen atoms in total. The van der Waals surface area contributed by atoms with Crippen LogP contribution in [0.15, 0.2) is 36.4 Å². The number of aryl methyl sites for hydroxylation is 1. The van der Waals surface area contributed by atoms with E-state index in [4.69, 9.17) is 4.74 Å². The van der Waals surface area contributed by atoms with E-state index in [1.807, 2.05) is 62.3 Å². The number of ether oxygens (including phenoxy) is 1. The molecule has 0 atom stereocenters. The molecule has 0 spiro atoms. The topological polar surface area (TPSA) is 67.3 Å². The average Bonchev–Trinajstić information content (AvgIpc) is 2.51. The fourth-order valence-electron chi connectivity index (χ4n) is 1.81. The third-order valence-corrected chi connectivity index (χ3v) is 2.88. The number of nitrogens with one attached hydrogen (secondary N) is 1. The molecule has 2 rings (SSSR count). The summed E-state index contributed by atoms with van der Waals surface area (Å²) in [5.41, 5.74) is 1.63. The lowest BCUT2D eigenvalue weighted by atomic mass is 10.3. The van der Waals surface area contributed by atoms with Gasteiger partial charge in [-0.25, -0.2) is 9.97 Å². The zero-order valence-corrected chi connectivity index (χ0v) is 13.0. The van der Waals surface area contributed by atoms with E-state index in [-0.39, 0.29) is 12.5 Å². The van der Waals surface area contributed by atoms with Gasteiger partial charge in [-0.05, 0) is 25.1 Å². The zero-order chi connectivity index (χ0) is 15.9. The molecule has 0 radical (unpaired) electrons. The molecule has 1 aromatic carbocycles. The van der Waals surface area contributed by atoms with E-state index in [9.17, 15) is 4.79 Å². The first kappa shape index (κ1) is 15.8. The van der Waals surface area contributed by atoms with Gasteiger partial charge in [0.2, 0.25) is 5.95 Å². The molecule has 0 aliphatic heterocycles. The summed E-state index contributed by atoms with van der Waals surface area (Å²) < 4.78 is 5.39. The van der Waals surface area contributed by atoms with Crippen molar-refractivity contribution in [1.29, 1.82) is 0 Å². The van der Waals surface area contributed by atoms with Crippen LogP contribution in [0.3, 0.4) is 0 Å². The number of hydrogen-bond donors (Lipinski definition) is 1. The molecule has 1 amide bonds. The normalized spacial score (nSPS) is 10.1. The fraction of sp³-hybridized carbons (Fsp3) is 0.312. The van der Waals surface area contributed by atoms with Gasteiger partial charge in [-0.1, -0.05) is 18.2 Å². The first-order valence-electron chi connectivity index (χ1n) is 7.01. The fourth-order valence-corrected chi connectivity index (χ4v) is 1.81. The van der Waals surface area contributed by atoms with Crippen molar-refractivity contribution in [3.05, 3.63) is 47.8 Å². The van der Waals surface area contributed by atoms with Gasteiger partial charge in [0.15, 0.2) is 6.61 Å². The van der Waals surface area contributed by atoms with Crippen molar-refractivity contribution in [2.75, 3.05) is 25.6 Å². The molecule has 1 N–H and O–H groups in total. The molecular weight excluding hydrogens is 280 g/mol. The molecular formula is C16H20N4O2. The number of anilines is 1. The minimum atomic E-state index is -0.188. The van der Waals surface area contributed by atoms with Crippen LogP contribution in [0, 0.1) is 6.92 Å². The SMILES string of the molecule is Cc1cc(CNC(=O)COc2ccccc2)nc(N(C)C)n1. The lowest BCUT2D eigenvalue weighted by Crippen LogP contribution is -2.29. The third kappa shape index (κ3) is 4.73. The molecule has 1 aromatic heterocycles. The average molecular weight is 300 g/mol. The number of carbonyl (C=O) groups is 1. The van der Waals surface area contributed by atoms with Gasteiger partial charge >= 0.3 is 0 Å². The van der Waals surface area contributed by atoms with E-state index >= 15 is 0 Å². The Morgan fingerprint density at radius 3 is 2.64 bits per heavy atom. The summed E-state index contributed by atoms with van der Waals surface area (Å²) in [5.74, 6) is 1.11. The maximum Gasteiger partial charge on any atom is 0.258 e. The monoisotopic (exact) mass is 300 g/mol. The van der Waals surface area contributed by atoms with Crippen molar-refractivity contribution in [3.63, 3.8) is 0 Å². The van der Waals surface area contributed by atoms with Crippen molar-refractivity contribution in [1.82, 2.24) is 15.3 Å². The molecule has 22 heavy (non-hydrogen) atoms. The number of nitrogens with zero attached hydrogens (tertiary/aromatic N) is 3. The van der Waals surface area contributed by atoms with Gasteiger partial charge in [0.25, 0.3) is 5.91 Å². The van der Waals surface area contributed by atoms with Crippen molar-refractivity contribution in [2.24, 2.45) is 0 Å². The summed E-state index contributed by atoms with van der Waals surface area (Å²) in [6.07, 6.45) is 0. The Kier molecular flexibility index (Phi) is 5.30. The lowest BCUT2D eigenvalue weighted by Gasteiger charge is -2.13. The Labute approximate surface area is 130 Å². The minimum absolute atomic E-state index is 0.0192. The first-order valence-corrected chi connectivity index (χ1v) is 7.01. The van der Waals surface area contributed by atoms with Crippen LogP contribution in [0.25, 0.3) is 0 Å². The number of carbonyl (C=O) groups excluding carboxylic acids is 1. The predicted molar refractivity (Wildman–Crippen MR) is 84.9 cm³/mol. The van der Waals surface area contributed by atoms with E-state index in [1.54, 1.807) is 0 Å². The van der Waals surface area contributed by atoms with Gasteiger partial charge in [-0.2, -0.15) is 0 Å². The van der Waals surface area contributed by atoms with Crippen LogP contribution in [-0.4, -0.2) is 36.6 Å². The summed E-state index contributed by atoms with van der Waals surface area (Å²) in [4.78, 5) is 22.3. The van der Waals surface area contributed by atoms with Gasteiger partial charge in [0.05, 0.1) is 12.2 Å². The minimum Gasteiger partial charge on any atom is -0.484 e. The standard InChI is InChI=1S/C16H20N4O2/c1-12-9-13(19-16(18-12)20(2)3)10-17-15(21)11-22-14-7-5-4-6-8-14/h4-9H,10-11H2,1-3H3,(H,17,21). The number of benzene rings is 1. The Balaban J connectivity index is 1.86. The molecule has 0 aliphatic carbocycles. The number of para-hydroxylation sites is 1. The molecule has 0 fully saturated rings. The van der Waals surface area contributed by atoms with Crippen molar-refractivity contribution in [2.45, 2.75) is 13.5 Å². The second-order valence-corrected chi connectivity index (χ2v) is 5.07. The van der Waals surface area contributed by atoms with Gasteiger partial charge in [-0.15, -0.1) is 0 Å². The second kappa shape index (κ2) is 7.40. The van der Waals surface area contributed by atoms with Crippen molar-refractivity contribution >= 4 is 11.9 Å². The highest BCUT2D eigenvalue weighted by Gasteiger charge is 2.07. The van der Waals surface area contributed by atoms with Crippen LogP contribution in [0.2, 0.25) is 0 Å². The summed E-state index contributed by atoms with van der Waals surface area (Å²) in [7, 11) is 3.76. The van der Waals surface area contributed by atoms with Gasteiger partial charge in [-0.3, -0.25) is 4.79 Å². The molecule has 0 unspecified atom stereocenters. The summed E-state index contributed by atoms with van der Waals surface area (Å²) in [5, 5.41) is 2.79. The van der Waals surface area contributed by atoms with E-state index in [0.29, 0.717) is 18.2 Å². The molecule has 6 heteroatoms. The maximum absolute atomic E-state index is 11.8. The smallest absolute Gasteiger partial charge is 0.258 e. The van der Waals surface area contributed by atoms with Gasteiger partial charge in [0, 0.05) is 19.8 Å². The van der Waals surface area contributed by atoms with E-state index in [2.05, 4.69) is 15.3 Å². The number of amides is 1. The maximum atomic E-state index is 11.8. The molecule has 116 valence electrons. The second-order valence-electron chi connectivity index (χ2n) is 5.07. The number of aromatic nitrogens is 2. The molecule has 1 heterocycles. The lowest BCUT2D eigenvalue weighted by molar-refractivity contribution is -0.123. The van der Waals surface area contributed by atoms with E-state index < -0.39 is 0 Å². The largest absolute Gasteiger partial charge is 0.484 e. The molecule has 0 bridgehead atoms. The zero-order valence-electron chi connectivity index (χ0n) is 13.0. The Bertz CT molecular complexity index is 629. The molecule has 0 saturated heterocycles. The van der Waals surface area contributed by atoms with Gasteiger partial charge in [0.1, 0.15) is 5.75 Å². The highest BCUT2D eigenvalue weighted by atomic mass is 16.5. The van der Waals surface area contributed by atoms with Crippen molar-refractivity contribution < 1.29 is 9.53 Å². The Hall–Kier alpha value is -2.63. The molecule has 2 aromatic rings. The van der Waals surface area contributed by atoms with Crippen LogP contribution in [0.1, 0.15) is 11.4 Å². The number of hydrogen-bond acceptors (Lipinski definition) is 5. The Morgan fingerprint density at radius 2 is 1.95 bits per heavy atom. The molecule has 0 aliphatic rings. The van der Waals surface area contributed by atoms with Gasteiger partial charge < -0.3 is 15.0 Å². The third-order valence-electron chi connectivity index (χ3n) is 2.88. The van der Waals surface area contributed by atoms with Crippen LogP contribution in [0.5, 0.6) is 5.75 Å². The van der Waals surface area contributed by atoms with Crippen molar-refractivity contribution in [3.8, 4) is 5.75 Å². The summed E-state index contributed by atoms with van der Waals surface area (Å²) >= 11 is 0. The number of rotatable bonds is 6. The first-order chi connectivity index (χ1) is 10.5. The van der Waals surface area contributed by atoms with Crippen LogP contribution in [-0.2, 0) is 11.3 Å². The Morgan fingerprint density at radius 1 is 1.23 bits per heavy atom. The summed E-state index contributed by atoms with van der Waals surface area (Å²) in [6, 6.07) is 11.1.